The fourth-order valence-corrected chi connectivity index (χ4v) is 7.93. The van der Waals surface area contributed by atoms with Crippen molar-refractivity contribution in [1.82, 2.24) is 0 Å². The van der Waals surface area contributed by atoms with Crippen molar-refractivity contribution in [3.05, 3.63) is 107 Å². The molecular weight excluding hydrogens is 480 g/mol. The zero-order valence-electron chi connectivity index (χ0n) is 21.1. The smallest absolute Gasteiger partial charge is 0.0618 e. The number of rotatable bonds is 2. The van der Waals surface area contributed by atoms with E-state index >= 15 is 0 Å². The van der Waals surface area contributed by atoms with E-state index in [1.54, 1.807) is 0 Å². The lowest BCUT2D eigenvalue weighted by molar-refractivity contribution is -0.752. The van der Waals surface area contributed by atoms with Gasteiger partial charge in [-0.05, 0) is 69.0 Å². The second kappa shape index (κ2) is 8.71. The van der Waals surface area contributed by atoms with Gasteiger partial charge in [-0.2, -0.15) is 0 Å². The van der Waals surface area contributed by atoms with Crippen molar-refractivity contribution in [2.45, 2.75) is 48.7 Å². The molecule has 2 aliphatic heterocycles. The van der Waals surface area contributed by atoms with Gasteiger partial charge in [0.2, 0.25) is 11.4 Å². The Morgan fingerprint density at radius 2 is 1.11 bits per heavy atom. The third-order valence-electron chi connectivity index (χ3n) is 6.56. The highest BCUT2D eigenvalue weighted by atomic mass is 32.2. The topological polar surface area (TPSA) is 30.7 Å². The van der Waals surface area contributed by atoms with Gasteiger partial charge in [0, 0.05) is 43.4 Å². The summed E-state index contributed by atoms with van der Waals surface area (Å²) in [7, 11) is 0. The Kier molecular flexibility index (Phi) is 5.61. The fourth-order valence-electron chi connectivity index (χ4n) is 4.97. The first-order valence-corrected chi connectivity index (χ1v) is 13.7. The minimum absolute atomic E-state index is 0.687. The SMILES string of the molecule is Cc1cc(C)c2c(c1)N=[N+](c1ccccc1)[C@]1(S2)Sc2c(C)cc(C)cc2N=[N+]1c1ccccc1C. The number of hydrogen-bond donors (Lipinski definition) is 0. The summed E-state index contributed by atoms with van der Waals surface area (Å²) in [6.45, 7) is 10.8. The molecule has 0 saturated heterocycles. The number of aryl methyl sites for hydroxylation is 5. The number of hydrogen-bond acceptors (Lipinski definition) is 4. The maximum absolute atomic E-state index is 5.36. The van der Waals surface area contributed by atoms with Crippen LogP contribution in [0.2, 0.25) is 0 Å². The van der Waals surface area contributed by atoms with E-state index in [4.69, 9.17) is 10.2 Å². The van der Waals surface area contributed by atoms with Gasteiger partial charge in [-0.1, -0.05) is 48.5 Å². The summed E-state index contributed by atoms with van der Waals surface area (Å²) in [4.78, 5) is 2.39. The maximum Gasteiger partial charge on any atom is 0.516 e. The van der Waals surface area contributed by atoms with Crippen LogP contribution in [0.4, 0.5) is 22.7 Å². The van der Waals surface area contributed by atoms with Crippen molar-refractivity contribution in [2.75, 3.05) is 0 Å². The molecule has 0 bridgehead atoms. The van der Waals surface area contributed by atoms with Crippen LogP contribution in [-0.2, 0) is 0 Å². The molecule has 0 unspecified atom stereocenters. The van der Waals surface area contributed by atoms with E-state index in [9.17, 15) is 0 Å². The zero-order chi connectivity index (χ0) is 25.0. The van der Waals surface area contributed by atoms with Gasteiger partial charge in [-0.3, -0.25) is 0 Å². The molecule has 6 heteroatoms. The van der Waals surface area contributed by atoms with Crippen LogP contribution in [0.5, 0.6) is 0 Å². The van der Waals surface area contributed by atoms with Crippen LogP contribution >= 0.6 is 23.5 Å². The van der Waals surface area contributed by atoms with Gasteiger partial charge in [0.25, 0.3) is 0 Å². The Morgan fingerprint density at radius 1 is 0.583 bits per heavy atom. The van der Waals surface area contributed by atoms with Crippen LogP contribution in [0.1, 0.15) is 27.8 Å². The molecule has 2 heterocycles. The molecule has 0 aliphatic carbocycles. The van der Waals surface area contributed by atoms with Crippen molar-refractivity contribution >= 4 is 46.3 Å². The Labute approximate surface area is 220 Å². The van der Waals surface area contributed by atoms with E-state index in [1.165, 1.54) is 37.6 Å². The second-order valence-electron chi connectivity index (χ2n) is 9.56. The van der Waals surface area contributed by atoms with Gasteiger partial charge in [0.1, 0.15) is 11.4 Å². The summed E-state index contributed by atoms with van der Waals surface area (Å²) in [6.07, 6.45) is 0. The van der Waals surface area contributed by atoms with Gasteiger partial charge in [-0.25, -0.2) is 0 Å². The Hall–Kier alpha value is -3.22. The molecule has 0 N–H and O–H groups in total. The first-order valence-electron chi connectivity index (χ1n) is 12.1. The Balaban J connectivity index is 1.71. The lowest BCUT2D eigenvalue weighted by Gasteiger charge is -2.29. The van der Waals surface area contributed by atoms with Crippen molar-refractivity contribution < 1.29 is 9.39 Å². The fraction of sp³-hybridized carbons (Fsp3) is 0.200. The number of para-hydroxylation sites is 2. The second-order valence-corrected chi connectivity index (χ2v) is 12.2. The molecule has 1 spiro atoms. The third kappa shape index (κ3) is 3.71. The van der Waals surface area contributed by atoms with Crippen LogP contribution in [0.25, 0.3) is 0 Å². The molecule has 6 rings (SSSR count). The number of azo groups is 4. The van der Waals surface area contributed by atoms with Gasteiger partial charge >= 0.3 is 4.33 Å². The summed E-state index contributed by atoms with van der Waals surface area (Å²) in [5.41, 5.74) is 10.2. The monoisotopic (exact) mass is 508 g/mol. The Morgan fingerprint density at radius 3 is 1.69 bits per heavy atom. The van der Waals surface area contributed by atoms with Crippen LogP contribution in [-0.4, -0.2) is 13.7 Å². The van der Waals surface area contributed by atoms with E-state index in [-0.39, 0.29) is 0 Å². The van der Waals surface area contributed by atoms with Crippen molar-refractivity contribution in [3.8, 4) is 0 Å². The molecule has 36 heavy (non-hydrogen) atoms. The van der Waals surface area contributed by atoms with Gasteiger partial charge < -0.3 is 0 Å². The molecule has 178 valence electrons. The predicted molar refractivity (Wildman–Crippen MR) is 148 cm³/mol. The molecule has 1 atom stereocenters. The predicted octanol–water partition coefficient (Wildman–Crippen LogP) is 9.61. The van der Waals surface area contributed by atoms with E-state index in [2.05, 4.69) is 123 Å². The lowest BCUT2D eigenvalue weighted by Crippen LogP contribution is -2.44. The number of benzene rings is 4. The Bertz CT molecular complexity index is 1590. The van der Waals surface area contributed by atoms with E-state index < -0.39 is 4.33 Å². The summed E-state index contributed by atoms with van der Waals surface area (Å²) in [5, 5.41) is 10.7. The van der Waals surface area contributed by atoms with E-state index in [0.29, 0.717) is 0 Å². The largest absolute Gasteiger partial charge is 0.516 e. The number of thioether (sulfide) groups is 2. The molecule has 4 nitrogen and oxygen atoms in total. The standard InChI is InChI=1S/C30H28N4S2/c1-19-15-22(4)28-25(17-19)31-33(24-12-7-6-8-13-24)30(35-28)34(27-14-10-9-11-21(27)3)32-26-18-20(2)16-23(5)29(26)36-30/h6-18H,1-5H3/q+2/t30-/m0/s1. The van der Waals surface area contributed by atoms with Crippen molar-refractivity contribution in [1.29, 1.82) is 0 Å². The number of nitrogens with zero attached hydrogens (tertiary/aromatic N) is 4. The molecule has 4 aromatic rings. The molecule has 0 aromatic heterocycles. The van der Waals surface area contributed by atoms with Gasteiger partial charge in [0.05, 0.1) is 33.3 Å². The van der Waals surface area contributed by atoms with Crippen molar-refractivity contribution in [3.63, 3.8) is 0 Å². The minimum Gasteiger partial charge on any atom is -0.0618 e. The van der Waals surface area contributed by atoms with Crippen molar-refractivity contribution in [2.24, 2.45) is 10.2 Å². The molecule has 0 fully saturated rings. The normalized spacial score (nSPS) is 18.4. The summed E-state index contributed by atoms with van der Waals surface area (Å²) >= 11 is 3.67. The average Bonchev–Trinajstić information content (AvgIpc) is 2.85. The van der Waals surface area contributed by atoms with Crippen LogP contribution < -0.4 is 0 Å². The van der Waals surface area contributed by atoms with E-state index in [0.717, 1.165) is 22.7 Å². The summed E-state index contributed by atoms with van der Waals surface area (Å²) in [5.74, 6) is 0. The zero-order valence-corrected chi connectivity index (χ0v) is 22.7. The average molecular weight is 509 g/mol. The van der Waals surface area contributed by atoms with Crippen LogP contribution in [0.3, 0.4) is 0 Å². The highest BCUT2D eigenvalue weighted by Crippen LogP contribution is 2.61. The number of fused-ring (bicyclic) bond motifs is 2. The quantitative estimate of drug-likeness (QED) is 0.252. The maximum atomic E-state index is 5.36. The summed E-state index contributed by atoms with van der Waals surface area (Å²) in [6, 6.07) is 27.8. The summed E-state index contributed by atoms with van der Waals surface area (Å²) < 4.78 is 3.67. The van der Waals surface area contributed by atoms with E-state index in [1.807, 2.05) is 23.5 Å². The van der Waals surface area contributed by atoms with Crippen LogP contribution in [0, 0.1) is 34.6 Å². The van der Waals surface area contributed by atoms with Gasteiger partial charge in [0.15, 0.2) is 0 Å². The molecule has 0 saturated carbocycles. The molecule has 2 aliphatic rings. The molecule has 4 aromatic carbocycles. The minimum atomic E-state index is -0.687. The third-order valence-corrected chi connectivity index (χ3v) is 9.76. The molecular formula is C30H28N4S2+2. The van der Waals surface area contributed by atoms with Gasteiger partial charge in [-0.15, -0.1) is 0 Å². The lowest BCUT2D eigenvalue weighted by atomic mass is 10.1. The first kappa shape index (κ1) is 23.2. The molecule has 0 radical (unpaired) electrons. The van der Waals surface area contributed by atoms with Crippen LogP contribution in [0.15, 0.2) is 98.9 Å². The highest BCUT2D eigenvalue weighted by molar-refractivity contribution is 8.17. The molecule has 0 amide bonds. The highest BCUT2D eigenvalue weighted by Gasteiger charge is 2.66. The first-order chi connectivity index (χ1) is 17.4.